The molecule has 0 fully saturated rings. The predicted molar refractivity (Wildman–Crippen MR) is 152 cm³/mol. The molecule has 0 aromatic heterocycles. The van der Waals surface area contributed by atoms with E-state index in [1.807, 2.05) is 37.3 Å². The van der Waals surface area contributed by atoms with Gasteiger partial charge < -0.3 is 10.2 Å². The molecule has 1 atom stereocenters. The quantitative estimate of drug-likeness (QED) is 0.315. The molecule has 11 heteroatoms. The molecule has 2 amide bonds. The third kappa shape index (κ3) is 8.32. The van der Waals surface area contributed by atoms with Gasteiger partial charge in [0.15, 0.2) is 0 Å². The number of benzene rings is 3. The zero-order valence-corrected chi connectivity index (χ0v) is 24.0. The van der Waals surface area contributed by atoms with Gasteiger partial charge in [-0.15, -0.1) is 0 Å². The van der Waals surface area contributed by atoms with Crippen molar-refractivity contribution in [2.45, 2.75) is 50.7 Å². The Morgan fingerprint density at radius 1 is 0.951 bits per heavy atom. The fourth-order valence-corrected chi connectivity index (χ4v) is 5.58. The highest BCUT2D eigenvalue weighted by Crippen LogP contribution is 2.33. The number of carbonyl (C=O) groups excluding carboxylic acids is 2. The summed E-state index contributed by atoms with van der Waals surface area (Å²) in [6.07, 6.45) is -3.67. The highest BCUT2D eigenvalue weighted by atomic mass is 32.2. The molecule has 7 nitrogen and oxygen atoms in total. The fraction of sp³-hybridized carbons (Fsp3) is 0.333. The van der Waals surface area contributed by atoms with Gasteiger partial charge in [0, 0.05) is 13.1 Å². The van der Waals surface area contributed by atoms with Crippen LogP contribution in [0.15, 0.2) is 83.8 Å². The molecule has 0 heterocycles. The van der Waals surface area contributed by atoms with Crippen LogP contribution in [0.5, 0.6) is 0 Å². The number of hydrogen-bond acceptors (Lipinski definition) is 4. The lowest BCUT2D eigenvalue weighted by atomic mass is 10.1. The maximum Gasteiger partial charge on any atom is 0.416 e. The Balaban J connectivity index is 2.03. The second-order valence-corrected chi connectivity index (χ2v) is 11.5. The number of carbonyl (C=O) groups is 2. The number of halogens is 3. The first kappa shape index (κ1) is 31.7. The van der Waals surface area contributed by atoms with Crippen molar-refractivity contribution in [2.75, 3.05) is 23.9 Å². The Morgan fingerprint density at radius 3 is 2.22 bits per heavy atom. The standard InChI is InChI=1S/C30H34F3N3O4S/c1-4-18-34-29(38)23(3)35(19-17-24-9-6-5-7-10-24)28(37)21-36(26-12-8-11-25(20-26)30(31,32)33)41(39,40)27-15-13-22(2)14-16-27/h5-16,20,23H,4,17-19,21H2,1-3H3,(H,34,38)/t23-/m1/s1. The summed E-state index contributed by atoms with van der Waals surface area (Å²) >= 11 is 0. The molecular weight excluding hydrogens is 555 g/mol. The lowest BCUT2D eigenvalue weighted by Gasteiger charge is -2.32. The molecule has 41 heavy (non-hydrogen) atoms. The highest BCUT2D eigenvalue weighted by Gasteiger charge is 2.35. The SMILES string of the molecule is CCCNC(=O)[C@@H](C)N(CCc1ccccc1)C(=O)CN(c1cccc(C(F)(F)F)c1)S(=O)(=O)c1ccc(C)cc1. The summed E-state index contributed by atoms with van der Waals surface area (Å²) < 4.78 is 68.9. The Morgan fingerprint density at radius 2 is 1.61 bits per heavy atom. The van der Waals surface area contributed by atoms with Crippen molar-refractivity contribution in [2.24, 2.45) is 0 Å². The molecule has 0 radical (unpaired) electrons. The van der Waals surface area contributed by atoms with Crippen LogP contribution in [0.25, 0.3) is 0 Å². The van der Waals surface area contributed by atoms with Crippen LogP contribution in [-0.2, 0) is 32.2 Å². The van der Waals surface area contributed by atoms with Crippen LogP contribution >= 0.6 is 0 Å². The molecular formula is C30H34F3N3O4S. The fourth-order valence-electron chi connectivity index (χ4n) is 4.17. The summed E-state index contributed by atoms with van der Waals surface area (Å²) in [6.45, 7) is 4.85. The van der Waals surface area contributed by atoms with Gasteiger partial charge in [0.05, 0.1) is 16.1 Å². The third-order valence-corrected chi connectivity index (χ3v) is 8.34. The minimum atomic E-state index is -4.73. The van der Waals surface area contributed by atoms with Crippen molar-refractivity contribution < 1.29 is 31.2 Å². The summed E-state index contributed by atoms with van der Waals surface area (Å²) in [7, 11) is -4.47. The number of alkyl halides is 3. The summed E-state index contributed by atoms with van der Waals surface area (Å²) in [5.41, 5.74) is 0.303. The number of aryl methyl sites for hydroxylation is 1. The smallest absolute Gasteiger partial charge is 0.354 e. The van der Waals surface area contributed by atoms with Crippen LogP contribution in [0, 0.1) is 6.92 Å². The number of sulfonamides is 1. The van der Waals surface area contributed by atoms with Gasteiger partial charge >= 0.3 is 6.18 Å². The van der Waals surface area contributed by atoms with Gasteiger partial charge in [0.25, 0.3) is 10.0 Å². The molecule has 3 aromatic carbocycles. The molecule has 0 unspecified atom stereocenters. The summed E-state index contributed by atoms with van der Waals surface area (Å²) in [6, 6.07) is 17.9. The molecule has 0 aliphatic heterocycles. The second kappa shape index (κ2) is 13.7. The van der Waals surface area contributed by atoms with Gasteiger partial charge in [-0.05, 0) is 62.6 Å². The largest absolute Gasteiger partial charge is 0.416 e. The van der Waals surface area contributed by atoms with Gasteiger partial charge in [0.2, 0.25) is 11.8 Å². The summed E-state index contributed by atoms with van der Waals surface area (Å²) in [4.78, 5) is 27.7. The van der Waals surface area contributed by atoms with E-state index in [1.54, 1.807) is 19.1 Å². The first-order valence-electron chi connectivity index (χ1n) is 13.2. The maximum absolute atomic E-state index is 13.8. The number of nitrogens with zero attached hydrogens (tertiary/aromatic N) is 2. The normalized spacial score (nSPS) is 12.4. The summed E-state index contributed by atoms with van der Waals surface area (Å²) in [5, 5.41) is 2.75. The summed E-state index contributed by atoms with van der Waals surface area (Å²) in [5.74, 6) is -1.14. The van der Waals surface area contributed by atoms with Crippen molar-refractivity contribution in [1.82, 2.24) is 10.2 Å². The molecule has 0 aliphatic carbocycles. The third-order valence-electron chi connectivity index (χ3n) is 6.55. The number of hydrogen-bond donors (Lipinski definition) is 1. The zero-order chi connectivity index (χ0) is 30.2. The van der Waals surface area contributed by atoms with Gasteiger partial charge in [-0.3, -0.25) is 13.9 Å². The van der Waals surface area contributed by atoms with Gasteiger partial charge in [-0.1, -0.05) is 61.0 Å². The predicted octanol–water partition coefficient (Wildman–Crippen LogP) is 5.20. The molecule has 0 bridgehead atoms. The first-order chi connectivity index (χ1) is 19.3. The van der Waals surface area contributed by atoms with E-state index < -0.39 is 46.2 Å². The molecule has 220 valence electrons. The minimum Gasteiger partial charge on any atom is -0.354 e. The molecule has 0 saturated heterocycles. The van der Waals surface area contributed by atoms with Crippen LogP contribution in [0.3, 0.4) is 0 Å². The highest BCUT2D eigenvalue weighted by molar-refractivity contribution is 7.92. The second-order valence-electron chi connectivity index (χ2n) is 9.66. The molecule has 3 aromatic rings. The van der Waals surface area contributed by atoms with Crippen LogP contribution in [-0.4, -0.2) is 50.8 Å². The van der Waals surface area contributed by atoms with Crippen LogP contribution in [0.1, 0.15) is 37.0 Å². The van der Waals surface area contributed by atoms with E-state index in [9.17, 15) is 31.2 Å². The lowest BCUT2D eigenvalue weighted by Crippen LogP contribution is -2.52. The molecule has 0 saturated carbocycles. The lowest BCUT2D eigenvalue weighted by molar-refractivity contribution is -0.138. The van der Waals surface area contributed by atoms with Crippen molar-refractivity contribution in [3.63, 3.8) is 0 Å². The van der Waals surface area contributed by atoms with Gasteiger partial charge in [-0.25, -0.2) is 8.42 Å². The Hall–Kier alpha value is -3.86. The Labute approximate surface area is 239 Å². The van der Waals surface area contributed by atoms with Gasteiger partial charge in [0.1, 0.15) is 12.6 Å². The van der Waals surface area contributed by atoms with E-state index in [4.69, 9.17) is 0 Å². The van der Waals surface area contributed by atoms with Crippen molar-refractivity contribution >= 4 is 27.5 Å². The van der Waals surface area contributed by atoms with Crippen LogP contribution < -0.4 is 9.62 Å². The van der Waals surface area contributed by atoms with Crippen molar-refractivity contribution in [3.8, 4) is 0 Å². The molecule has 1 N–H and O–H groups in total. The van der Waals surface area contributed by atoms with E-state index in [0.29, 0.717) is 29.8 Å². The van der Waals surface area contributed by atoms with E-state index in [2.05, 4.69) is 5.32 Å². The Kier molecular flexibility index (Phi) is 10.6. The van der Waals surface area contributed by atoms with E-state index in [-0.39, 0.29) is 17.1 Å². The van der Waals surface area contributed by atoms with Crippen LogP contribution in [0.2, 0.25) is 0 Å². The van der Waals surface area contributed by atoms with E-state index in [1.165, 1.54) is 30.0 Å². The topological polar surface area (TPSA) is 86.8 Å². The van der Waals surface area contributed by atoms with Crippen molar-refractivity contribution in [1.29, 1.82) is 0 Å². The van der Waals surface area contributed by atoms with E-state index in [0.717, 1.165) is 23.3 Å². The zero-order valence-electron chi connectivity index (χ0n) is 23.2. The first-order valence-corrected chi connectivity index (χ1v) is 14.7. The average molecular weight is 590 g/mol. The maximum atomic E-state index is 13.8. The van der Waals surface area contributed by atoms with E-state index >= 15 is 0 Å². The van der Waals surface area contributed by atoms with Crippen molar-refractivity contribution in [3.05, 3.63) is 95.6 Å². The number of nitrogens with one attached hydrogen (secondary N) is 1. The van der Waals surface area contributed by atoms with Gasteiger partial charge in [-0.2, -0.15) is 13.2 Å². The average Bonchev–Trinajstić information content (AvgIpc) is 2.95. The Bertz CT molecular complexity index is 1430. The van der Waals surface area contributed by atoms with Crippen LogP contribution in [0.4, 0.5) is 18.9 Å². The molecule has 0 aliphatic rings. The minimum absolute atomic E-state index is 0.0879. The monoisotopic (exact) mass is 589 g/mol. The number of rotatable bonds is 12. The number of anilines is 1. The number of amides is 2. The molecule has 3 rings (SSSR count). The molecule has 0 spiro atoms.